The molecule has 0 heterocycles. The molecular formula is C17H16N2O4. The zero-order valence-corrected chi connectivity index (χ0v) is 12.6. The van der Waals surface area contributed by atoms with E-state index in [-0.39, 0.29) is 12.2 Å². The lowest BCUT2D eigenvalue weighted by atomic mass is 10.2. The summed E-state index contributed by atoms with van der Waals surface area (Å²) in [5, 5.41) is 6.31. The van der Waals surface area contributed by atoms with E-state index >= 15 is 0 Å². The topological polar surface area (TPSA) is 77.0 Å². The molecular weight excluding hydrogens is 296 g/mol. The number of carbonyl (C=O) groups excluding carboxylic acids is 2. The third-order valence-electron chi connectivity index (χ3n) is 2.88. The highest BCUT2D eigenvalue weighted by Crippen LogP contribution is 2.15. The summed E-state index contributed by atoms with van der Waals surface area (Å²) < 4.78 is 4.66. The molecule has 118 valence electrons. The van der Waals surface area contributed by atoms with Crippen LogP contribution in [0.25, 0.3) is 0 Å². The van der Waals surface area contributed by atoms with Crippen LogP contribution in [0.2, 0.25) is 0 Å². The maximum atomic E-state index is 11.8. The molecule has 2 rings (SSSR count). The van der Waals surface area contributed by atoms with Crippen molar-refractivity contribution in [2.45, 2.75) is 0 Å². The van der Waals surface area contributed by atoms with E-state index < -0.39 is 11.9 Å². The Morgan fingerprint density at radius 3 is 2.52 bits per heavy atom. The molecule has 0 atom stereocenters. The number of nitrogens with one attached hydrogen (secondary N) is 1. The van der Waals surface area contributed by atoms with Gasteiger partial charge in [-0.15, -0.1) is 0 Å². The second-order valence-corrected chi connectivity index (χ2v) is 4.50. The summed E-state index contributed by atoms with van der Waals surface area (Å²) >= 11 is 0. The van der Waals surface area contributed by atoms with Crippen LogP contribution in [0.15, 0.2) is 59.8 Å². The number of oxime groups is 1. The first-order valence-electron chi connectivity index (χ1n) is 6.88. The number of nitrogens with zero attached hydrogens (tertiary/aromatic N) is 1. The average Bonchev–Trinajstić information content (AvgIpc) is 2.59. The van der Waals surface area contributed by atoms with Gasteiger partial charge >= 0.3 is 5.97 Å². The molecule has 0 aliphatic rings. The van der Waals surface area contributed by atoms with Gasteiger partial charge < -0.3 is 14.9 Å². The highest BCUT2D eigenvalue weighted by molar-refractivity contribution is 6.01. The minimum Gasteiger partial charge on any atom is -0.465 e. The quantitative estimate of drug-likeness (QED) is 0.505. The molecule has 0 aliphatic heterocycles. The van der Waals surface area contributed by atoms with Crippen molar-refractivity contribution in [3.63, 3.8) is 0 Å². The maximum absolute atomic E-state index is 11.8. The van der Waals surface area contributed by atoms with Crippen molar-refractivity contribution in [3.8, 4) is 0 Å². The minimum absolute atomic E-state index is 0.265. The van der Waals surface area contributed by atoms with Gasteiger partial charge in [0, 0.05) is 0 Å². The molecule has 0 bridgehead atoms. The summed E-state index contributed by atoms with van der Waals surface area (Å²) in [5.41, 5.74) is 1.50. The van der Waals surface area contributed by atoms with E-state index in [1.165, 1.54) is 13.3 Å². The molecule has 0 unspecified atom stereocenters. The van der Waals surface area contributed by atoms with Crippen molar-refractivity contribution in [2.75, 3.05) is 19.0 Å². The van der Waals surface area contributed by atoms with Crippen molar-refractivity contribution >= 4 is 23.8 Å². The zero-order valence-electron chi connectivity index (χ0n) is 12.6. The number of carbonyl (C=O) groups is 2. The Bertz CT molecular complexity index is 699. The summed E-state index contributed by atoms with van der Waals surface area (Å²) in [5.74, 6) is -0.949. The van der Waals surface area contributed by atoms with Crippen molar-refractivity contribution in [1.29, 1.82) is 0 Å². The van der Waals surface area contributed by atoms with Crippen molar-refractivity contribution in [1.82, 2.24) is 0 Å². The third-order valence-corrected chi connectivity index (χ3v) is 2.88. The van der Waals surface area contributed by atoms with Crippen LogP contribution in [0.3, 0.4) is 0 Å². The van der Waals surface area contributed by atoms with Crippen LogP contribution in [0.1, 0.15) is 15.9 Å². The largest absolute Gasteiger partial charge is 0.465 e. The lowest BCUT2D eigenvalue weighted by Crippen LogP contribution is -2.19. The second kappa shape index (κ2) is 8.33. The monoisotopic (exact) mass is 312 g/mol. The van der Waals surface area contributed by atoms with Gasteiger partial charge in [-0.3, -0.25) is 4.79 Å². The van der Waals surface area contributed by atoms with Crippen LogP contribution < -0.4 is 5.32 Å². The lowest BCUT2D eigenvalue weighted by Gasteiger charge is -2.08. The van der Waals surface area contributed by atoms with Gasteiger partial charge in [0.1, 0.15) is 0 Å². The Morgan fingerprint density at radius 2 is 1.78 bits per heavy atom. The number of ether oxygens (including phenoxy) is 1. The predicted octanol–water partition coefficient (Wildman–Crippen LogP) is 2.46. The fraction of sp³-hybridized carbons (Fsp3) is 0.118. The molecule has 2 aromatic rings. The van der Waals surface area contributed by atoms with Gasteiger partial charge in [0.2, 0.25) is 0 Å². The van der Waals surface area contributed by atoms with Crippen LogP contribution in [-0.2, 0) is 14.4 Å². The Hall–Kier alpha value is -3.15. The molecule has 2 aromatic carbocycles. The van der Waals surface area contributed by atoms with Gasteiger partial charge in [-0.25, -0.2) is 4.79 Å². The van der Waals surface area contributed by atoms with E-state index in [2.05, 4.69) is 15.2 Å². The lowest BCUT2D eigenvalue weighted by molar-refractivity contribution is -0.120. The smallest absolute Gasteiger partial charge is 0.339 e. The van der Waals surface area contributed by atoms with Crippen LogP contribution >= 0.6 is 0 Å². The van der Waals surface area contributed by atoms with Crippen molar-refractivity contribution in [2.24, 2.45) is 5.16 Å². The fourth-order valence-corrected chi connectivity index (χ4v) is 1.80. The number of anilines is 1. The average molecular weight is 312 g/mol. The number of amides is 1. The normalized spacial score (nSPS) is 10.3. The Balaban J connectivity index is 1.88. The van der Waals surface area contributed by atoms with Gasteiger partial charge in [-0.2, -0.15) is 0 Å². The fourth-order valence-electron chi connectivity index (χ4n) is 1.80. The number of para-hydroxylation sites is 1. The number of hydrogen-bond acceptors (Lipinski definition) is 5. The summed E-state index contributed by atoms with van der Waals surface area (Å²) in [6.07, 6.45) is 1.51. The van der Waals surface area contributed by atoms with Crippen LogP contribution in [-0.4, -0.2) is 31.8 Å². The van der Waals surface area contributed by atoms with E-state index in [1.807, 2.05) is 30.3 Å². The predicted molar refractivity (Wildman–Crippen MR) is 86.4 cm³/mol. The number of benzene rings is 2. The Labute approximate surface area is 133 Å². The second-order valence-electron chi connectivity index (χ2n) is 4.50. The summed E-state index contributed by atoms with van der Waals surface area (Å²) in [6.45, 7) is -0.265. The number of methoxy groups -OCH3 is 1. The number of rotatable bonds is 6. The molecule has 1 N–H and O–H groups in total. The highest BCUT2D eigenvalue weighted by Gasteiger charge is 2.13. The number of esters is 1. The Kier molecular flexibility index (Phi) is 5.88. The third kappa shape index (κ3) is 4.96. The highest BCUT2D eigenvalue weighted by atomic mass is 16.6. The van der Waals surface area contributed by atoms with Gasteiger partial charge in [-0.05, 0) is 17.7 Å². The molecule has 0 aliphatic carbocycles. The number of hydrogen-bond donors (Lipinski definition) is 1. The molecule has 23 heavy (non-hydrogen) atoms. The summed E-state index contributed by atoms with van der Waals surface area (Å²) in [4.78, 5) is 28.4. The molecule has 1 amide bonds. The molecule has 0 spiro atoms. The van der Waals surface area contributed by atoms with Crippen LogP contribution in [0.5, 0.6) is 0 Å². The molecule has 0 saturated carbocycles. The van der Waals surface area contributed by atoms with Crippen molar-refractivity contribution < 1.29 is 19.2 Å². The van der Waals surface area contributed by atoms with Gasteiger partial charge in [0.05, 0.1) is 24.6 Å². The summed E-state index contributed by atoms with van der Waals surface area (Å²) in [7, 11) is 1.28. The van der Waals surface area contributed by atoms with Gasteiger partial charge in [-0.1, -0.05) is 47.6 Å². The van der Waals surface area contributed by atoms with E-state index in [4.69, 9.17) is 4.84 Å². The van der Waals surface area contributed by atoms with E-state index in [9.17, 15) is 9.59 Å². The van der Waals surface area contributed by atoms with Gasteiger partial charge in [0.25, 0.3) is 5.91 Å². The molecule has 0 saturated heterocycles. The zero-order chi connectivity index (χ0) is 16.5. The molecule has 6 heteroatoms. The van der Waals surface area contributed by atoms with E-state index in [1.54, 1.807) is 24.3 Å². The van der Waals surface area contributed by atoms with Crippen LogP contribution in [0, 0.1) is 0 Å². The minimum atomic E-state index is -0.524. The van der Waals surface area contributed by atoms with Gasteiger partial charge in [0.15, 0.2) is 6.61 Å². The van der Waals surface area contributed by atoms with E-state index in [0.29, 0.717) is 5.69 Å². The maximum Gasteiger partial charge on any atom is 0.339 e. The summed E-state index contributed by atoms with van der Waals surface area (Å²) in [6, 6.07) is 15.9. The molecule has 6 nitrogen and oxygen atoms in total. The molecule has 0 radical (unpaired) electrons. The van der Waals surface area contributed by atoms with E-state index in [0.717, 1.165) is 5.56 Å². The molecule has 0 aromatic heterocycles. The Morgan fingerprint density at radius 1 is 1.09 bits per heavy atom. The molecule has 0 fully saturated rings. The first-order valence-corrected chi connectivity index (χ1v) is 6.88. The first-order chi connectivity index (χ1) is 11.2. The van der Waals surface area contributed by atoms with Crippen LogP contribution in [0.4, 0.5) is 5.69 Å². The first kappa shape index (κ1) is 16.2. The SMILES string of the molecule is COC(=O)c1ccccc1NC(=O)CON=Cc1ccccc1. The standard InChI is InChI=1S/C17H16N2O4/c1-22-17(21)14-9-5-6-10-15(14)19-16(20)12-23-18-11-13-7-3-2-4-8-13/h2-11H,12H2,1H3,(H,19,20). The van der Waals surface area contributed by atoms with Crippen molar-refractivity contribution in [3.05, 3.63) is 65.7 Å².